The van der Waals surface area contributed by atoms with Crippen LogP contribution in [0, 0.1) is 0 Å². The fraction of sp³-hybridized carbons (Fsp3) is 0.490. The Labute approximate surface area is 400 Å². The normalized spacial score (nSPS) is 11.4. The van der Waals surface area contributed by atoms with Crippen LogP contribution in [0.15, 0.2) is 55.8 Å². The molecule has 8 rings (SSSR count). The molecule has 0 aliphatic heterocycles. The molecular formula is C49H69N19. The second-order valence-electron chi connectivity index (χ2n) is 18.7. The number of anilines is 4. The van der Waals surface area contributed by atoms with Crippen molar-refractivity contribution in [3.05, 3.63) is 79.1 Å². The van der Waals surface area contributed by atoms with Gasteiger partial charge in [-0.25, -0.2) is 69.8 Å². The molecule has 0 saturated heterocycles. The van der Waals surface area contributed by atoms with Crippen LogP contribution in [0.2, 0.25) is 0 Å². The van der Waals surface area contributed by atoms with Crippen molar-refractivity contribution in [2.24, 2.45) is 0 Å². The first-order valence-electron chi connectivity index (χ1n) is 23.4. The smallest absolute Gasteiger partial charge is 0.183 e. The van der Waals surface area contributed by atoms with Crippen molar-refractivity contribution in [1.82, 2.24) is 74.8 Å². The largest absolute Gasteiger partial charge is 0.367 e. The standard InChI is InChI=1S/C13H18N4.3C12H17N5/c1-8(2)12-16-10-6-5-7-14-11(10)13(17-12)15-9(3)4;1-7(2)11-16-9-5-13-6-14-10(9)12(17-11)15-8(3)4;1-7(2)10-16-11-9(5-13-6-14-11)12(17-10)15-8(3)4;1-7(2)10-16-11-9(13-5-6-14-11)12(17-10)15-8(3)4/h5-9H,1-4H3,(H,15,16,17);5-8H,1-4H3,(H,15,16,17);5-8H,1-4H3,(H,13,14,15,16,17);5-8H,1-4H3,(H,14,15,16,17). The van der Waals surface area contributed by atoms with Gasteiger partial charge in [0.2, 0.25) is 0 Å². The quantitative estimate of drug-likeness (QED) is 0.0890. The fourth-order valence-electron chi connectivity index (χ4n) is 6.19. The number of pyridine rings is 1. The van der Waals surface area contributed by atoms with Gasteiger partial charge < -0.3 is 21.3 Å². The highest BCUT2D eigenvalue weighted by molar-refractivity contribution is 5.87. The number of nitrogens with zero attached hydrogens (tertiary/aromatic N) is 15. The van der Waals surface area contributed by atoms with E-state index >= 15 is 0 Å². The van der Waals surface area contributed by atoms with Gasteiger partial charge in [0, 0.05) is 72.6 Å². The molecular weight excluding hydrogens is 855 g/mol. The average molecular weight is 924 g/mol. The number of aromatic nitrogens is 15. The Morgan fingerprint density at radius 1 is 0.353 bits per heavy atom. The van der Waals surface area contributed by atoms with Crippen molar-refractivity contribution in [3.8, 4) is 0 Å². The van der Waals surface area contributed by atoms with E-state index in [9.17, 15) is 0 Å². The summed E-state index contributed by atoms with van der Waals surface area (Å²) >= 11 is 0. The molecule has 4 N–H and O–H groups in total. The van der Waals surface area contributed by atoms with E-state index in [1.165, 1.54) is 12.7 Å². The molecule has 19 heteroatoms. The number of nitrogens with one attached hydrogen (secondary N) is 4. The summed E-state index contributed by atoms with van der Waals surface area (Å²) in [7, 11) is 0. The SMILES string of the molecule is CC(C)Nc1nc(C(C)C)nc2cccnc12.CC(C)Nc1nc(C(C)C)nc2cncnc12.CC(C)Nc1nc(C(C)C)nc2nccnc12.CC(C)Nc1nc(C(C)C)nc2ncncc12. The number of hydrogen-bond donors (Lipinski definition) is 4. The van der Waals surface area contributed by atoms with E-state index < -0.39 is 0 Å². The predicted octanol–water partition coefficient (Wildman–Crippen LogP) is 10.1. The van der Waals surface area contributed by atoms with Crippen LogP contribution < -0.4 is 21.3 Å². The Kier molecular flexibility index (Phi) is 18.4. The summed E-state index contributed by atoms with van der Waals surface area (Å²) in [4.78, 5) is 65.3. The molecule has 0 amide bonds. The molecule has 0 aliphatic rings. The molecule has 68 heavy (non-hydrogen) atoms. The highest BCUT2D eigenvalue weighted by Gasteiger charge is 2.16. The highest BCUT2D eigenvalue weighted by atomic mass is 15.1. The van der Waals surface area contributed by atoms with Crippen molar-refractivity contribution in [1.29, 1.82) is 0 Å². The maximum absolute atomic E-state index is 4.56. The predicted molar refractivity (Wildman–Crippen MR) is 274 cm³/mol. The molecule has 0 fully saturated rings. The summed E-state index contributed by atoms with van der Waals surface area (Å²) in [6.45, 7) is 33.2. The van der Waals surface area contributed by atoms with Crippen LogP contribution in [0.5, 0.6) is 0 Å². The maximum Gasteiger partial charge on any atom is 0.183 e. The van der Waals surface area contributed by atoms with E-state index in [4.69, 9.17) is 0 Å². The van der Waals surface area contributed by atoms with Gasteiger partial charge >= 0.3 is 0 Å². The zero-order chi connectivity index (χ0) is 49.7. The third-order valence-electron chi connectivity index (χ3n) is 9.36. The summed E-state index contributed by atoms with van der Waals surface area (Å²) < 4.78 is 0. The van der Waals surface area contributed by atoms with Crippen molar-refractivity contribution < 1.29 is 0 Å². The summed E-state index contributed by atoms with van der Waals surface area (Å²) in [6, 6.07) is 5.13. The molecule has 0 unspecified atom stereocenters. The van der Waals surface area contributed by atoms with E-state index in [-0.39, 0.29) is 17.8 Å². The van der Waals surface area contributed by atoms with Crippen LogP contribution in [-0.2, 0) is 0 Å². The van der Waals surface area contributed by atoms with Crippen molar-refractivity contribution in [2.45, 2.75) is 159 Å². The Bertz CT molecular complexity index is 2470. The Morgan fingerprint density at radius 2 is 0.765 bits per heavy atom. The molecule has 0 aromatic carbocycles. The molecule has 8 heterocycles. The molecule has 0 saturated carbocycles. The van der Waals surface area contributed by atoms with Crippen LogP contribution >= 0.6 is 0 Å². The molecule has 8 aromatic heterocycles. The average Bonchev–Trinajstić information content (AvgIpc) is 3.28. The van der Waals surface area contributed by atoms with Gasteiger partial charge in [0.05, 0.1) is 17.1 Å². The fourth-order valence-corrected chi connectivity index (χ4v) is 6.19. The molecule has 0 aliphatic carbocycles. The Morgan fingerprint density at radius 3 is 1.31 bits per heavy atom. The first-order valence-corrected chi connectivity index (χ1v) is 23.4. The van der Waals surface area contributed by atoms with Gasteiger partial charge in [-0.2, -0.15) is 0 Å². The van der Waals surface area contributed by atoms with Gasteiger partial charge in [-0.1, -0.05) is 55.4 Å². The third kappa shape index (κ3) is 14.5. The maximum atomic E-state index is 4.56. The van der Waals surface area contributed by atoms with Crippen LogP contribution in [0.4, 0.5) is 23.3 Å². The van der Waals surface area contributed by atoms with Gasteiger partial charge in [-0.15, -0.1) is 0 Å². The van der Waals surface area contributed by atoms with Gasteiger partial charge in [-0.3, -0.25) is 4.98 Å². The zero-order valence-electron chi connectivity index (χ0n) is 42.5. The number of rotatable bonds is 12. The number of fused-ring (bicyclic) bond motifs is 4. The topological polar surface area (TPSA) is 241 Å². The molecule has 0 radical (unpaired) electrons. The van der Waals surface area contributed by atoms with Gasteiger partial charge in [-0.05, 0) is 67.5 Å². The van der Waals surface area contributed by atoms with Gasteiger partial charge in [0.1, 0.15) is 63.8 Å². The van der Waals surface area contributed by atoms with Crippen LogP contribution in [0.1, 0.15) is 158 Å². The van der Waals surface area contributed by atoms with Crippen molar-refractivity contribution >= 4 is 67.5 Å². The lowest BCUT2D eigenvalue weighted by Gasteiger charge is -2.13. The van der Waals surface area contributed by atoms with Crippen LogP contribution in [0.25, 0.3) is 44.3 Å². The minimum Gasteiger partial charge on any atom is -0.367 e. The summed E-state index contributed by atoms with van der Waals surface area (Å²) in [5, 5.41) is 14.1. The van der Waals surface area contributed by atoms with E-state index in [1.54, 1.807) is 31.0 Å². The molecule has 0 bridgehead atoms. The molecule has 360 valence electrons. The number of hydrogen-bond acceptors (Lipinski definition) is 19. The first kappa shape index (κ1) is 51.9. The lowest BCUT2D eigenvalue weighted by atomic mass is 10.2. The Hall–Kier alpha value is -7.05. The van der Waals surface area contributed by atoms with Crippen LogP contribution in [-0.4, -0.2) is 98.9 Å². The summed E-state index contributed by atoms with van der Waals surface area (Å²) in [5.41, 5.74) is 5.37. The Balaban J connectivity index is 0.000000169. The zero-order valence-corrected chi connectivity index (χ0v) is 42.5. The minimum absolute atomic E-state index is 0.272. The molecule has 0 spiro atoms. The van der Waals surface area contributed by atoms with E-state index in [2.05, 4.69) is 207 Å². The molecule has 8 aromatic rings. The van der Waals surface area contributed by atoms with Crippen molar-refractivity contribution in [2.75, 3.05) is 21.3 Å². The second kappa shape index (κ2) is 24.1. The lowest BCUT2D eigenvalue weighted by Crippen LogP contribution is -2.14. The first-order chi connectivity index (χ1) is 32.3. The van der Waals surface area contributed by atoms with E-state index in [1.807, 2.05) is 12.1 Å². The van der Waals surface area contributed by atoms with Gasteiger partial charge in [0.15, 0.2) is 28.7 Å². The van der Waals surface area contributed by atoms with Gasteiger partial charge in [0.25, 0.3) is 0 Å². The van der Waals surface area contributed by atoms with Crippen molar-refractivity contribution in [3.63, 3.8) is 0 Å². The third-order valence-corrected chi connectivity index (χ3v) is 9.36. The second-order valence-corrected chi connectivity index (χ2v) is 18.7. The lowest BCUT2D eigenvalue weighted by molar-refractivity contribution is 0.775. The molecule has 0 atom stereocenters. The van der Waals surface area contributed by atoms with E-state index in [0.29, 0.717) is 41.4 Å². The molecule has 19 nitrogen and oxygen atoms in total. The van der Waals surface area contributed by atoms with E-state index in [0.717, 1.165) is 79.5 Å². The highest BCUT2D eigenvalue weighted by Crippen LogP contribution is 2.24. The summed E-state index contributed by atoms with van der Waals surface area (Å²) in [5.74, 6) is 7.61. The summed E-state index contributed by atoms with van der Waals surface area (Å²) in [6.07, 6.45) is 11.6. The van der Waals surface area contributed by atoms with Crippen LogP contribution in [0.3, 0.4) is 0 Å². The minimum atomic E-state index is 0.272. The monoisotopic (exact) mass is 924 g/mol.